The number of aromatic nitrogens is 1. The lowest BCUT2D eigenvalue weighted by molar-refractivity contribution is -0.137. The molecule has 2 aromatic carbocycles. The molecular weight excluding hydrogens is 411 g/mol. The van der Waals surface area contributed by atoms with E-state index >= 15 is 0 Å². The average Bonchev–Trinajstić information content (AvgIpc) is 2.73. The zero-order valence-corrected chi connectivity index (χ0v) is 16.7. The highest BCUT2D eigenvalue weighted by atomic mass is 35.5. The first-order valence-electron chi connectivity index (χ1n) is 8.97. The fourth-order valence-electron chi connectivity index (χ4n) is 2.99. The number of nitrogens with zero attached hydrogens (tertiary/aromatic N) is 1. The molecule has 0 aliphatic heterocycles. The highest BCUT2D eigenvalue weighted by Crippen LogP contribution is 2.30. The Hall–Kier alpha value is -3.45. The van der Waals surface area contributed by atoms with E-state index in [-0.39, 0.29) is 23.4 Å². The smallest absolute Gasteiger partial charge is 0.305 e. The highest BCUT2D eigenvalue weighted by Gasteiger charge is 2.23. The van der Waals surface area contributed by atoms with Crippen molar-refractivity contribution in [3.63, 3.8) is 0 Å². The van der Waals surface area contributed by atoms with Crippen LogP contribution in [-0.2, 0) is 4.79 Å². The van der Waals surface area contributed by atoms with Gasteiger partial charge in [0.15, 0.2) is 0 Å². The second-order valence-corrected chi connectivity index (χ2v) is 6.78. The number of hydrogen-bond donors (Lipinski definition) is 2. The van der Waals surface area contributed by atoms with Gasteiger partial charge in [0.2, 0.25) is 0 Å². The Morgan fingerprint density at radius 3 is 2.50 bits per heavy atom. The summed E-state index contributed by atoms with van der Waals surface area (Å²) >= 11 is 6.18. The molecule has 0 spiro atoms. The van der Waals surface area contributed by atoms with Crippen LogP contribution in [0, 0.1) is 5.82 Å². The van der Waals surface area contributed by atoms with E-state index in [0.29, 0.717) is 16.3 Å². The number of amides is 1. The van der Waals surface area contributed by atoms with Crippen LogP contribution in [0.3, 0.4) is 0 Å². The van der Waals surface area contributed by atoms with Crippen LogP contribution in [0.25, 0.3) is 11.3 Å². The molecule has 3 aromatic rings. The molecule has 0 bridgehead atoms. The molecule has 0 aliphatic rings. The number of benzene rings is 2. The van der Waals surface area contributed by atoms with Gasteiger partial charge in [0.25, 0.3) is 5.91 Å². The van der Waals surface area contributed by atoms with Gasteiger partial charge in [-0.3, -0.25) is 9.59 Å². The first-order valence-corrected chi connectivity index (χ1v) is 9.35. The monoisotopic (exact) mass is 428 g/mol. The second kappa shape index (κ2) is 9.37. The number of carbonyl (C=O) groups excluding carboxylic acids is 1. The Balaban J connectivity index is 1.96. The number of aliphatic carboxylic acids is 1. The third kappa shape index (κ3) is 4.75. The molecule has 154 valence electrons. The van der Waals surface area contributed by atoms with Crippen LogP contribution >= 0.6 is 11.6 Å². The van der Waals surface area contributed by atoms with Gasteiger partial charge < -0.3 is 15.2 Å². The van der Waals surface area contributed by atoms with Crippen molar-refractivity contribution in [3.8, 4) is 17.0 Å². The number of pyridine rings is 1. The Labute approximate surface area is 177 Å². The summed E-state index contributed by atoms with van der Waals surface area (Å²) in [7, 11) is 1.42. The molecule has 0 saturated heterocycles. The molecule has 2 N–H and O–H groups in total. The standard InChI is InChI=1S/C22H18ClFN2O4/c1-30-19-11-10-17(25-21(19)14-7-3-5-9-16(14)24)22(29)26-18(12-20(27)28)13-6-2-4-8-15(13)23/h2-11,18H,12H2,1H3,(H,26,29)(H,27,28). The van der Waals surface area contributed by atoms with Crippen LogP contribution in [0.1, 0.15) is 28.5 Å². The summed E-state index contributed by atoms with van der Waals surface area (Å²) < 4.78 is 19.5. The molecule has 1 unspecified atom stereocenters. The van der Waals surface area contributed by atoms with E-state index in [1.54, 1.807) is 36.4 Å². The van der Waals surface area contributed by atoms with Gasteiger partial charge in [-0.05, 0) is 35.9 Å². The van der Waals surface area contributed by atoms with Crippen molar-refractivity contribution >= 4 is 23.5 Å². The van der Waals surface area contributed by atoms with Crippen molar-refractivity contribution in [1.29, 1.82) is 0 Å². The van der Waals surface area contributed by atoms with Crippen molar-refractivity contribution in [3.05, 3.63) is 82.8 Å². The number of methoxy groups -OCH3 is 1. The highest BCUT2D eigenvalue weighted by molar-refractivity contribution is 6.31. The average molecular weight is 429 g/mol. The first kappa shape index (κ1) is 21.3. The Morgan fingerprint density at radius 2 is 1.83 bits per heavy atom. The normalized spacial score (nSPS) is 11.6. The van der Waals surface area contributed by atoms with Gasteiger partial charge in [0, 0.05) is 10.6 Å². The molecule has 1 aromatic heterocycles. The SMILES string of the molecule is COc1ccc(C(=O)NC(CC(=O)O)c2ccccc2Cl)nc1-c1ccccc1F. The van der Waals surface area contributed by atoms with Gasteiger partial charge in [-0.1, -0.05) is 41.9 Å². The molecule has 0 radical (unpaired) electrons. The summed E-state index contributed by atoms with van der Waals surface area (Å²) in [6.45, 7) is 0. The number of carbonyl (C=O) groups is 2. The van der Waals surface area contributed by atoms with Crippen molar-refractivity contribution in [1.82, 2.24) is 10.3 Å². The van der Waals surface area contributed by atoms with E-state index in [1.165, 1.54) is 31.4 Å². The summed E-state index contributed by atoms with van der Waals surface area (Å²) in [5, 5.41) is 12.2. The molecule has 3 rings (SSSR count). The predicted molar refractivity (Wildman–Crippen MR) is 110 cm³/mol. The molecule has 0 saturated carbocycles. The second-order valence-electron chi connectivity index (χ2n) is 6.37. The van der Waals surface area contributed by atoms with E-state index in [0.717, 1.165) is 0 Å². The predicted octanol–water partition coefficient (Wildman–Crippen LogP) is 4.50. The largest absolute Gasteiger partial charge is 0.494 e. The van der Waals surface area contributed by atoms with Crippen molar-refractivity contribution in [2.24, 2.45) is 0 Å². The van der Waals surface area contributed by atoms with Crippen molar-refractivity contribution in [2.75, 3.05) is 7.11 Å². The van der Waals surface area contributed by atoms with Crippen molar-refractivity contribution in [2.45, 2.75) is 12.5 Å². The quantitative estimate of drug-likeness (QED) is 0.578. The molecule has 30 heavy (non-hydrogen) atoms. The number of carboxylic acids is 1. The van der Waals surface area contributed by atoms with Gasteiger partial charge in [-0.15, -0.1) is 0 Å². The van der Waals surface area contributed by atoms with Gasteiger partial charge in [0.05, 0.1) is 19.6 Å². The summed E-state index contributed by atoms with van der Waals surface area (Å²) in [6.07, 6.45) is -0.369. The van der Waals surface area contributed by atoms with Gasteiger partial charge in [-0.25, -0.2) is 9.37 Å². The lowest BCUT2D eigenvalue weighted by atomic mass is 10.0. The van der Waals surface area contributed by atoms with Gasteiger partial charge in [-0.2, -0.15) is 0 Å². The lowest BCUT2D eigenvalue weighted by Crippen LogP contribution is -2.31. The first-order chi connectivity index (χ1) is 14.4. The molecule has 8 heteroatoms. The van der Waals surface area contributed by atoms with E-state index in [9.17, 15) is 19.1 Å². The number of ether oxygens (including phenoxy) is 1. The molecule has 0 fully saturated rings. The fraction of sp³-hybridized carbons (Fsp3) is 0.136. The Kier molecular flexibility index (Phi) is 6.64. The molecule has 0 aliphatic carbocycles. The number of halogens is 2. The molecule has 1 atom stereocenters. The number of nitrogens with one attached hydrogen (secondary N) is 1. The fourth-order valence-corrected chi connectivity index (χ4v) is 3.25. The van der Waals surface area contributed by atoms with Gasteiger partial charge >= 0.3 is 5.97 Å². The summed E-state index contributed by atoms with van der Waals surface area (Å²) in [6, 6.07) is 14.7. The minimum atomic E-state index is -1.10. The van der Waals surface area contributed by atoms with E-state index in [1.807, 2.05) is 0 Å². The van der Waals surface area contributed by atoms with Crippen LogP contribution in [0.4, 0.5) is 4.39 Å². The number of rotatable bonds is 7. The van der Waals surface area contributed by atoms with Crippen LogP contribution < -0.4 is 10.1 Å². The minimum Gasteiger partial charge on any atom is -0.494 e. The van der Waals surface area contributed by atoms with Crippen LogP contribution in [0.5, 0.6) is 5.75 Å². The van der Waals surface area contributed by atoms with Crippen LogP contribution in [0.2, 0.25) is 5.02 Å². The summed E-state index contributed by atoms with van der Waals surface area (Å²) in [5.74, 6) is -1.94. The molecule has 1 amide bonds. The Bertz CT molecular complexity index is 1090. The molecule has 1 heterocycles. The van der Waals surface area contributed by atoms with E-state index in [2.05, 4.69) is 10.3 Å². The molecule has 6 nitrogen and oxygen atoms in total. The minimum absolute atomic E-state index is 0.0171. The van der Waals surface area contributed by atoms with E-state index in [4.69, 9.17) is 16.3 Å². The Morgan fingerprint density at radius 1 is 1.13 bits per heavy atom. The lowest BCUT2D eigenvalue weighted by Gasteiger charge is -2.19. The third-order valence-corrected chi connectivity index (χ3v) is 4.75. The zero-order valence-electron chi connectivity index (χ0n) is 15.9. The van der Waals surface area contributed by atoms with Crippen LogP contribution in [0.15, 0.2) is 60.7 Å². The van der Waals surface area contributed by atoms with Crippen molar-refractivity contribution < 1.29 is 23.8 Å². The number of carboxylic acid groups (broad SMARTS) is 1. The maximum absolute atomic E-state index is 14.3. The maximum atomic E-state index is 14.3. The van der Waals surface area contributed by atoms with Crippen LogP contribution in [-0.4, -0.2) is 29.1 Å². The van der Waals surface area contributed by atoms with Gasteiger partial charge in [0.1, 0.15) is 23.0 Å². The molecular formula is C22H18ClFN2O4. The topological polar surface area (TPSA) is 88.5 Å². The van der Waals surface area contributed by atoms with E-state index < -0.39 is 23.7 Å². The third-order valence-electron chi connectivity index (χ3n) is 4.40. The maximum Gasteiger partial charge on any atom is 0.305 e. The zero-order chi connectivity index (χ0) is 21.7. The summed E-state index contributed by atoms with van der Waals surface area (Å²) in [5.41, 5.74) is 0.794. The number of hydrogen-bond acceptors (Lipinski definition) is 4. The summed E-state index contributed by atoms with van der Waals surface area (Å²) in [4.78, 5) is 28.4.